The van der Waals surface area contributed by atoms with Crippen LogP contribution in [0.15, 0.2) is 48.5 Å². The summed E-state index contributed by atoms with van der Waals surface area (Å²) in [7, 11) is 0. The van der Waals surface area contributed by atoms with Gasteiger partial charge in [-0.2, -0.15) is 0 Å². The molecular formula is C20H21N3O3. The van der Waals surface area contributed by atoms with E-state index in [0.717, 1.165) is 24.1 Å². The smallest absolute Gasteiger partial charge is 0.318 e. The zero-order valence-electron chi connectivity index (χ0n) is 14.4. The molecule has 0 amide bonds. The second-order valence-corrected chi connectivity index (χ2v) is 6.73. The minimum atomic E-state index is -0.485. The molecule has 0 spiro atoms. The number of hydrogen-bond donors (Lipinski definition) is 2. The number of carbonyl (C=O) groups is 1. The Balaban J connectivity index is 1.52. The Morgan fingerprint density at radius 2 is 1.77 bits per heavy atom. The molecule has 0 saturated carbocycles. The lowest BCUT2D eigenvalue weighted by Gasteiger charge is -2.27. The van der Waals surface area contributed by atoms with Crippen LogP contribution in [0, 0.1) is 11.3 Å². The molecule has 0 aromatic heterocycles. The van der Waals surface area contributed by atoms with Gasteiger partial charge in [0, 0.05) is 30.1 Å². The van der Waals surface area contributed by atoms with Gasteiger partial charge in [-0.1, -0.05) is 36.4 Å². The van der Waals surface area contributed by atoms with Crippen molar-refractivity contribution < 1.29 is 14.3 Å². The molecule has 0 unspecified atom stereocenters. The monoisotopic (exact) mass is 351 g/mol. The van der Waals surface area contributed by atoms with Crippen molar-refractivity contribution >= 4 is 11.9 Å². The van der Waals surface area contributed by atoms with Gasteiger partial charge in [-0.3, -0.25) is 10.2 Å². The largest absolute Gasteiger partial charge is 0.465 e. The summed E-state index contributed by atoms with van der Waals surface area (Å²) >= 11 is 0. The molecule has 1 fully saturated rings. The normalized spacial score (nSPS) is 18.6. The van der Waals surface area contributed by atoms with E-state index < -0.39 is 5.92 Å². The predicted octanol–water partition coefficient (Wildman–Crippen LogP) is 2.68. The van der Waals surface area contributed by atoms with E-state index in [-0.39, 0.29) is 17.8 Å². The second kappa shape index (κ2) is 6.71. The summed E-state index contributed by atoms with van der Waals surface area (Å²) in [6, 6.07) is 15.1. The molecule has 3 N–H and O–H groups in total. The molecule has 26 heavy (non-hydrogen) atoms. The third kappa shape index (κ3) is 2.98. The molecule has 1 saturated heterocycles. The molecule has 2 aromatic carbocycles. The molecular weight excluding hydrogens is 330 g/mol. The topological polar surface area (TPSA) is 88.6 Å². The maximum Gasteiger partial charge on any atom is 0.318 e. The number of nitrogens with zero attached hydrogens (tertiary/aromatic N) is 1. The van der Waals surface area contributed by atoms with Crippen LogP contribution >= 0.6 is 0 Å². The fraction of sp³-hybridized carbons (Fsp3) is 0.300. The van der Waals surface area contributed by atoms with Crippen molar-refractivity contribution in [3.05, 3.63) is 59.7 Å². The number of rotatable bonds is 3. The number of nitrogens with two attached hydrogens (primary N) is 1. The zero-order chi connectivity index (χ0) is 18.1. The summed E-state index contributed by atoms with van der Waals surface area (Å²) in [5, 5.41) is 7.50. The van der Waals surface area contributed by atoms with Crippen LogP contribution in [0.2, 0.25) is 0 Å². The van der Waals surface area contributed by atoms with Crippen LogP contribution in [-0.4, -0.2) is 36.5 Å². The van der Waals surface area contributed by atoms with Crippen LogP contribution in [0.3, 0.4) is 0 Å². The fourth-order valence-corrected chi connectivity index (χ4v) is 3.63. The van der Waals surface area contributed by atoms with Crippen molar-refractivity contribution in [1.82, 2.24) is 4.90 Å². The number of benzene rings is 2. The molecule has 2 aliphatic heterocycles. The third-order valence-corrected chi connectivity index (χ3v) is 5.00. The van der Waals surface area contributed by atoms with Gasteiger partial charge >= 0.3 is 5.97 Å². The lowest BCUT2D eigenvalue weighted by Crippen LogP contribution is -2.34. The van der Waals surface area contributed by atoms with E-state index in [0.29, 0.717) is 24.7 Å². The first-order valence-corrected chi connectivity index (χ1v) is 8.75. The van der Waals surface area contributed by atoms with Crippen LogP contribution in [0.25, 0.3) is 0 Å². The Kier molecular flexibility index (Phi) is 4.24. The van der Waals surface area contributed by atoms with Gasteiger partial charge in [0.25, 0.3) is 0 Å². The number of para-hydroxylation sites is 2. The van der Waals surface area contributed by atoms with Crippen LogP contribution in [0.5, 0.6) is 11.5 Å². The lowest BCUT2D eigenvalue weighted by molar-refractivity contribution is -0.145. The second-order valence-electron chi connectivity index (χ2n) is 6.73. The van der Waals surface area contributed by atoms with Crippen molar-refractivity contribution in [3.8, 4) is 11.5 Å². The molecule has 2 heterocycles. The number of likely N-dealkylation sites (tertiary alicyclic amines) is 1. The summed E-state index contributed by atoms with van der Waals surface area (Å²) in [6.45, 7) is 1.73. The quantitative estimate of drug-likeness (QED) is 0.504. The first kappa shape index (κ1) is 16.4. The van der Waals surface area contributed by atoms with E-state index in [2.05, 4.69) is 0 Å². The molecule has 0 bridgehead atoms. The summed E-state index contributed by atoms with van der Waals surface area (Å²) in [5.74, 6) is 0.906. The number of ether oxygens (including phenoxy) is 2. The van der Waals surface area contributed by atoms with Crippen LogP contribution in [-0.2, 0) is 9.53 Å². The molecule has 2 aliphatic rings. The van der Waals surface area contributed by atoms with E-state index in [4.69, 9.17) is 20.6 Å². The molecule has 1 atom stereocenters. The van der Waals surface area contributed by atoms with Crippen molar-refractivity contribution in [2.45, 2.75) is 12.3 Å². The Hall–Kier alpha value is -3.02. The van der Waals surface area contributed by atoms with Gasteiger partial charge in [0.15, 0.2) is 5.96 Å². The van der Waals surface area contributed by atoms with E-state index in [1.54, 1.807) is 4.90 Å². The first-order chi connectivity index (χ1) is 12.6. The minimum Gasteiger partial charge on any atom is -0.465 e. The number of esters is 1. The van der Waals surface area contributed by atoms with E-state index in [1.807, 2.05) is 48.5 Å². The van der Waals surface area contributed by atoms with Gasteiger partial charge in [0.05, 0.1) is 6.61 Å². The van der Waals surface area contributed by atoms with E-state index >= 15 is 0 Å². The summed E-state index contributed by atoms with van der Waals surface area (Å²) in [4.78, 5) is 14.7. The van der Waals surface area contributed by atoms with Gasteiger partial charge in [-0.05, 0) is 18.6 Å². The predicted molar refractivity (Wildman–Crippen MR) is 97.4 cm³/mol. The molecule has 6 nitrogen and oxygen atoms in total. The third-order valence-electron chi connectivity index (χ3n) is 5.00. The van der Waals surface area contributed by atoms with Gasteiger partial charge in [-0.25, -0.2) is 0 Å². The lowest BCUT2D eigenvalue weighted by atomic mass is 9.88. The molecule has 2 aromatic rings. The summed E-state index contributed by atoms with van der Waals surface area (Å²) in [6.07, 6.45) is 0.869. The van der Waals surface area contributed by atoms with Gasteiger partial charge in [0.1, 0.15) is 17.4 Å². The van der Waals surface area contributed by atoms with Crippen molar-refractivity contribution in [1.29, 1.82) is 5.41 Å². The van der Waals surface area contributed by atoms with Gasteiger partial charge < -0.3 is 20.1 Å². The number of guanidine groups is 1. The number of carbonyl (C=O) groups excluding carboxylic acids is 1. The molecule has 0 radical (unpaired) electrons. The Morgan fingerprint density at radius 3 is 2.35 bits per heavy atom. The Labute approximate surface area is 152 Å². The average molecular weight is 351 g/mol. The average Bonchev–Trinajstić information content (AvgIpc) is 3.13. The standard InChI is InChI=1S/C20H21N3O3/c21-20(22)23-10-9-13(11-23)12-25-19(24)18-14-5-1-3-7-16(14)26-17-8-4-2-6-15(17)18/h1-8,13,18H,9-12H2,(H3,21,22)/t13-/m1/s1. The maximum absolute atomic E-state index is 12.9. The highest BCUT2D eigenvalue weighted by Gasteiger charge is 2.34. The minimum absolute atomic E-state index is 0.0751. The first-order valence-electron chi connectivity index (χ1n) is 8.75. The van der Waals surface area contributed by atoms with E-state index in [9.17, 15) is 4.79 Å². The summed E-state index contributed by atoms with van der Waals surface area (Å²) in [5.41, 5.74) is 7.18. The zero-order valence-corrected chi connectivity index (χ0v) is 14.4. The van der Waals surface area contributed by atoms with Crippen LogP contribution < -0.4 is 10.5 Å². The van der Waals surface area contributed by atoms with Crippen LogP contribution in [0.1, 0.15) is 23.5 Å². The highest BCUT2D eigenvalue weighted by molar-refractivity contribution is 5.85. The van der Waals surface area contributed by atoms with Gasteiger partial charge in [0.2, 0.25) is 0 Å². The molecule has 6 heteroatoms. The molecule has 134 valence electrons. The Morgan fingerprint density at radius 1 is 1.15 bits per heavy atom. The number of fused-ring (bicyclic) bond motifs is 2. The Bertz CT molecular complexity index is 806. The van der Waals surface area contributed by atoms with Crippen molar-refractivity contribution in [2.75, 3.05) is 19.7 Å². The SMILES string of the molecule is N=C(N)N1CC[C@@H](COC(=O)C2c3ccccc3Oc3ccccc32)C1. The fourth-order valence-electron chi connectivity index (χ4n) is 3.63. The molecule has 0 aliphatic carbocycles. The maximum atomic E-state index is 12.9. The van der Waals surface area contributed by atoms with Crippen LogP contribution in [0.4, 0.5) is 0 Å². The highest BCUT2D eigenvalue weighted by atomic mass is 16.5. The number of nitrogens with one attached hydrogen (secondary N) is 1. The molecule has 4 rings (SSSR count). The van der Waals surface area contributed by atoms with Crippen molar-refractivity contribution in [3.63, 3.8) is 0 Å². The number of hydrogen-bond acceptors (Lipinski definition) is 4. The van der Waals surface area contributed by atoms with E-state index in [1.165, 1.54) is 0 Å². The van der Waals surface area contributed by atoms with Gasteiger partial charge in [-0.15, -0.1) is 0 Å². The van der Waals surface area contributed by atoms with Crippen molar-refractivity contribution in [2.24, 2.45) is 11.7 Å². The summed E-state index contributed by atoms with van der Waals surface area (Å²) < 4.78 is 11.6. The highest BCUT2D eigenvalue weighted by Crippen LogP contribution is 2.44.